The van der Waals surface area contributed by atoms with Crippen LogP contribution in [0.5, 0.6) is 0 Å². The lowest BCUT2D eigenvalue weighted by Gasteiger charge is -2.14. The van der Waals surface area contributed by atoms with Crippen LogP contribution in [-0.4, -0.2) is 31.9 Å². The van der Waals surface area contributed by atoms with Crippen LogP contribution >= 0.6 is 15.9 Å². The number of rotatable bonds is 3. The molecule has 2 N–H and O–H groups in total. The third-order valence-electron chi connectivity index (χ3n) is 2.15. The average Bonchev–Trinajstić information content (AvgIpc) is 2.57. The van der Waals surface area contributed by atoms with E-state index in [-0.39, 0.29) is 11.4 Å². The maximum atomic E-state index is 11.9. The molecule has 3 amide bonds. The summed E-state index contributed by atoms with van der Waals surface area (Å²) >= 11 is 3.18. The molecule has 0 radical (unpaired) electrons. The summed E-state index contributed by atoms with van der Waals surface area (Å²) in [4.78, 5) is 24.2. The summed E-state index contributed by atoms with van der Waals surface area (Å²) in [6.45, 7) is -0.339. The smallest absolute Gasteiger partial charge is 0.275 e. The van der Waals surface area contributed by atoms with Crippen molar-refractivity contribution in [2.24, 2.45) is 0 Å². The van der Waals surface area contributed by atoms with Gasteiger partial charge in [-0.15, -0.1) is 4.83 Å². The number of carbonyl (C=O) groups is 2. The fourth-order valence-corrected chi connectivity index (χ4v) is 2.63. The molecule has 0 unspecified atom stereocenters. The number of benzene rings is 1. The number of nitrogens with one attached hydrogen (secondary N) is 2. The van der Waals surface area contributed by atoms with Gasteiger partial charge in [0.15, 0.2) is 0 Å². The van der Waals surface area contributed by atoms with Crippen molar-refractivity contribution in [2.75, 3.05) is 6.54 Å². The predicted molar refractivity (Wildman–Crippen MR) is 64.7 cm³/mol. The topological polar surface area (TPSA) is 95.6 Å². The average molecular weight is 334 g/mol. The summed E-state index contributed by atoms with van der Waals surface area (Å²) < 4.78 is 24.5. The Balaban J connectivity index is 2.20. The van der Waals surface area contributed by atoms with Crippen molar-refractivity contribution >= 4 is 37.9 Å². The number of amides is 3. The van der Waals surface area contributed by atoms with Gasteiger partial charge < -0.3 is 0 Å². The molecule has 18 heavy (non-hydrogen) atoms. The molecule has 0 bridgehead atoms. The van der Waals surface area contributed by atoms with Crippen LogP contribution in [-0.2, 0) is 14.8 Å². The zero-order chi connectivity index (χ0) is 13.3. The van der Waals surface area contributed by atoms with E-state index in [9.17, 15) is 18.0 Å². The highest BCUT2D eigenvalue weighted by Gasteiger charge is 2.30. The van der Waals surface area contributed by atoms with Crippen LogP contribution in [0.25, 0.3) is 0 Å². The van der Waals surface area contributed by atoms with Gasteiger partial charge >= 0.3 is 6.03 Å². The number of hydrazine groups is 1. The molecule has 1 aromatic rings. The van der Waals surface area contributed by atoms with Crippen molar-refractivity contribution < 1.29 is 18.0 Å². The lowest BCUT2D eigenvalue weighted by molar-refractivity contribution is -0.118. The molecule has 1 aromatic carbocycles. The molecule has 1 fully saturated rings. The predicted octanol–water partition coefficient (Wildman–Crippen LogP) is 0.194. The largest absolute Gasteiger partial charge is 0.339 e. The molecule has 1 heterocycles. The molecular formula is C9H8BrN3O4S. The minimum absolute atomic E-state index is 0.00199. The molecule has 1 aliphatic heterocycles. The van der Waals surface area contributed by atoms with E-state index in [0.29, 0.717) is 5.01 Å². The summed E-state index contributed by atoms with van der Waals surface area (Å²) in [6.07, 6.45) is 0. The van der Waals surface area contributed by atoms with E-state index in [0.717, 1.165) is 4.47 Å². The van der Waals surface area contributed by atoms with Crippen molar-refractivity contribution in [3.63, 3.8) is 0 Å². The number of imide groups is 1. The molecule has 1 aliphatic rings. The quantitative estimate of drug-likeness (QED) is 0.772. The zero-order valence-electron chi connectivity index (χ0n) is 8.88. The molecule has 9 heteroatoms. The van der Waals surface area contributed by atoms with Crippen LogP contribution < -0.4 is 10.1 Å². The second kappa shape index (κ2) is 4.67. The molecule has 0 saturated carbocycles. The Morgan fingerprint density at radius 3 is 2.33 bits per heavy atom. The summed E-state index contributed by atoms with van der Waals surface area (Å²) in [6, 6.07) is 5.08. The number of hydrogen-bond acceptors (Lipinski definition) is 4. The number of urea groups is 1. The van der Waals surface area contributed by atoms with Crippen LogP contribution in [0, 0.1) is 0 Å². The molecule has 1 saturated heterocycles. The first-order chi connectivity index (χ1) is 8.38. The van der Waals surface area contributed by atoms with Gasteiger partial charge in [-0.05, 0) is 24.3 Å². The Morgan fingerprint density at radius 2 is 1.83 bits per heavy atom. The van der Waals surface area contributed by atoms with E-state index in [1.54, 1.807) is 12.1 Å². The van der Waals surface area contributed by atoms with Gasteiger partial charge in [-0.1, -0.05) is 15.9 Å². The Kier molecular flexibility index (Phi) is 3.37. The fourth-order valence-electron chi connectivity index (χ4n) is 1.33. The minimum Gasteiger partial charge on any atom is -0.275 e. The Bertz CT molecular complexity index is 599. The zero-order valence-corrected chi connectivity index (χ0v) is 11.3. The van der Waals surface area contributed by atoms with Crippen LogP contribution in [0.15, 0.2) is 33.6 Å². The number of hydrogen-bond donors (Lipinski definition) is 2. The third-order valence-corrected chi connectivity index (χ3v) is 4.03. The monoisotopic (exact) mass is 333 g/mol. The molecule has 0 atom stereocenters. The van der Waals surface area contributed by atoms with Crippen LogP contribution in [0.3, 0.4) is 0 Å². The normalized spacial score (nSPS) is 15.9. The molecule has 0 spiro atoms. The maximum absolute atomic E-state index is 11.9. The van der Waals surface area contributed by atoms with Gasteiger partial charge in [0.05, 0.1) is 4.90 Å². The second-order valence-electron chi connectivity index (χ2n) is 3.49. The van der Waals surface area contributed by atoms with Gasteiger partial charge in [-0.3, -0.25) is 10.1 Å². The van der Waals surface area contributed by atoms with E-state index in [4.69, 9.17) is 0 Å². The van der Waals surface area contributed by atoms with Gasteiger partial charge in [-0.25, -0.2) is 18.2 Å². The van der Waals surface area contributed by atoms with Crippen molar-refractivity contribution in [3.8, 4) is 0 Å². The highest BCUT2D eigenvalue weighted by molar-refractivity contribution is 9.10. The van der Waals surface area contributed by atoms with Gasteiger partial charge in [-0.2, -0.15) is 0 Å². The Labute approximate surface area is 111 Å². The minimum atomic E-state index is -3.87. The third kappa shape index (κ3) is 2.68. The number of carbonyl (C=O) groups excluding carboxylic acids is 2. The molecule has 0 aliphatic carbocycles. The molecule has 0 aromatic heterocycles. The summed E-state index contributed by atoms with van der Waals surface area (Å²) in [5.74, 6) is -0.557. The number of halogens is 1. The summed E-state index contributed by atoms with van der Waals surface area (Å²) in [5.41, 5.74) is 0. The van der Waals surface area contributed by atoms with Crippen LogP contribution in [0.1, 0.15) is 0 Å². The van der Waals surface area contributed by atoms with Crippen LogP contribution in [0.2, 0.25) is 0 Å². The summed E-state index contributed by atoms with van der Waals surface area (Å²) in [5, 5.41) is 2.67. The van der Waals surface area contributed by atoms with Gasteiger partial charge in [0.25, 0.3) is 10.0 Å². The molecular weight excluding hydrogens is 326 g/mol. The maximum Gasteiger partial charge on any atom is 0.339 e. The van der Waals surface area contributed by atoms with Gasteiger partial charge in [0.1, 0.15) is 6.54 Å². The van der Waals surface area contributed by atoms with Crippen molar-refractivity contribution in [1.82, 2.24) is 15.2 Å². The standard InChI is InChI=1S/C9H8BrN3O4S/c10-6-1-3-7(4-2-6)18(16,17)12-13-5-8(14)11-9(13)15/h1-4,12H,5H2,(H,11,14,15). The van der Waals surface area contributed by atoms with Crippen molar-refractivity contribution in [2.45, 2.75) is 4.90 Å². The van der Waals surface area contributed by atoms with E-state index in [1.807, 2.05) is 10.1 Å². The lowest BCUT2D eigenvalue weighted by Crippen LogP contribution is -2.43. The van der Waals surface area contributed by atoms with E-state index >= 15 is 0 Å². The number of sulfonamides is 1. The van der Waals surface area contributed by atoms with Crippen LogP contribution in [0.4, 0.5) is 4.79 Å². The molecule has 7 nitrogen and oxygen atoms in total. The fraction of sp³-hybridized carbons (Fsp3) is 0.111. The molecule has 2 rings (SSSR count). The Hall–Kier alpha value is -1.45. The van der Waals surface area contributed by atoms with E-state index in [1.165, 1.54) is 12.1 Å². The van der Waals surface area contributed by atoms with E-state index < -0.39 is 22.0 Å². The highest BCUT2D eigenvalue weighted by Crippen LogP contribution is 2.15. The first kappa shape index (κ1) is 13.0. The first-order valence-corrected chi connectivity index (χ1v) is 7.05. The first-order valence-electron chi connectivity index (χ1n) is 4.78. The lowest BCUT2D eigenvalue weighted by atomic mass is 10.4. The van der Waals surface area contributed by atoms with Crippen molar-refractivity contribution in [3.05, 3.63) is 28.7 Å². The SMILES string of the molecule is O=C1CN(NS(=O)(=O)c2ccc(Br)cc2)C(=O)N1. The van der Waals surface area contributed by atoms with Gasteiger partial charge in [0, 0.05) is 4.47 Å². The molecule has 96 valence electrons. The second-order valence-corrected chi connectivity index (χ2v) is 6.06. The summed E-state index contributed by atoms with van der Waals surface area (Å²) in [7, 11) is -3.87. The Morgan fingerprint density at radius 1 is 1.22 bits per heavy atom. The highest BCUT2D eigenvalue weighted by atomic mass is 79.9. The van der Waals surface area contributed by atoms with E-state index in [2.05, 4.69) is 15.9 Å². The number of nitrogens with zero attached hydrogens (tertiary/aromatic N) is 1. The van der Waals surface area contributed by atoms with Gasteiger partial charge in [0.2, 0.25) is 5.91 Å². The van der Waals surface area contributed by atoms with Crippen molar-refractivity contribution in [1.29, 1.82) is 0 Å².